The van der Waals surface area contributed by atoms with Crippen LogP contribution in [0.15, 0.2) is 35.5 Å². The molecule has 0 atom stereocenters. The fraction of sp³-hybridized carbons (Fsp3) is 0.579. The summed E-state index contributed by atoms with van der Waals surface area (Å²) in [6.45, 7) is 4.29. The molecule has 0 aromatic heterocycles. The molecule has 24 heavy (non-hydrogen) atoms. The second kappa shape index (κ2) is 12.4. The Morgan fingerprint density at radius 1 is 1.04 bits per heavy atom. The molecule has 0 saturated carbocycles. The third-order valence-electron chi connectivity index (χ3n) is 3.52. The number of para-hydroxylation sites is 1. The molecule has 0 bridgehead atoms. The van der Waals surface area contributed by atoms with Crippen LogP contribution in [0.4, 0.5) is 0 Å². The Morgan fingerprint density at radius 3 is 2.29 bits per heavy atom. The normalized spacial score (nSPS) is 11.5. The van der Waals surface area contributed by atoms with Crippen LogP contribution < -0.4 is 4.74 Å². The highest BCUT2D eigenvalue weighted by molar-refractivity contribution is 6.36. The first-order valence-electron chi connectivity index (χ1n) is 8.73. The summed E-state index contributed by atoms with van der Waals surface area (Å²) in [5.41, 5.74) is 0.111. The Labute approximate surface area is 144 Å². The molecule has 0 aliphatic carbocycles. The fourth-order valence-corrected chi connectivity index (χ4v) is 2.28. The summed E-state index contributed by atoms with van der Waals surface area (Å²) in [4.78, 5) is 11.6. The van der Waals surface area contributed by atoms with Crippen LogP contribution in [0.5, 0.6) is 5.75 Å². The van der Waals surface area contributed by atoms with Gasteiger partial charge < -0.3 is 14.7 Å². The SMILES string of the molecule is CC(C)OC(=O)C(CCCCCCCCOc1ccccc1)=NO. The molecule has 0 amide bonds. The lowest BCUT2D eigenvalue weighted by atomic mass is 10.1. The van der Waals surface area contributed by atoms with Crippen LogP contribution in [0.1, 0.15) is 58.8 Å². The summed E-state index contributed by atoms with van der Waals surface area (Å²) in [5, 5.41) is 11.9. The number of esters is 1. The zero-order valence-corrected chi connectivity index (χ0v) is 14.7. The van der Waals surface area contributed by atoms with Crippen molar-refractivity contribution in [2.75, 3.05) is 6.61 Å². The summed E-state index contributed by atoms with van der Waals surface area (Å²) >= 11 is 0. The number of carbonyl (C=O) groups excluding carboxylic acids is 1. The molecule has 1 rings (SSSR count). The van der Waals surface area contributed by atoms with E-state index in [0.717, 1.165) is 50.9 Å². The lowest BCUT2D eigenvalue weighted by Gasteiger charge is -2.08. The van der Waals surface area contributed by atoms with Gasteiger partial charge in [0.25, 0.3) is 0 Å². The first-order chi connectivity index (χ1) is 11.6. The Balaban J connectivity index is 1.99. The monoisotopic (exact) mass is 335 g/mol. The summed E-state index contributed by atoms with van der Waals surface area (Å²) in [6.07, 6.45) is 6.50. The van der Waals surface area contributed by atoms with Crippen molar-refractivity contribution in [3.63, 3.8) is 0 Å². The third kappa shape index (κ3) is 9.18. The van der Waals surface area contributed by atoms with E-state index in [2.05, 4.69) is 5.16 Å². The van der Waals surface area contributed by atoms with Crippen molar-refractivity contribution in [1.29, 1.82) is 0 Å². The van der Waals surface area contributed by atoms with Gasteiger partial charge in [-0.05, 0) is 38.8 Å². The molecular weight excluding hydrogens is 306 g/mol. The van der Waals surface area contributed by atoms with Crippen LogP contribution in [0.25, 0.3) is 0 Å². The number of benzene rings is 1. The molecule has 0 radical (unpaired) electrons. The lowest BCUT2D eigenvalue weighted by molar-refractivity contribution is -0.139. The number of hydrogen-bond acceptors (Lipinski definition) is 5. The number of hydrogen-bond donors (Lipinski definition) is 1. The van der Waals surface area contributed by atoms with Crippen LogP contribution in [-0.4, -0.2) is 29.6 Å². The summed E-state index contributed by atoms with van der Waals surface area (Å²) in [6, 6.07) is 9.84. The van der Waals surface area contributed by atoms with E-state index in [-0.39, 0.29) is 11.8 Å². The molecule has 5 nitrogen and oxygen atoms in total. The molecule has 1 N–H and O–H groups in total. The minimum absolute atomic E-state index is 0.111. The van der Waals surface area contributed by atoms with Crippen LogP contribution in [-0.2, 0) is 9.53 Å². The number of nitrogens with zero attached hydrogens (tertiary/aromatic N) is 1. The third-order valence-corrected chi connectivity index (χ3v) is 3.52. The van der Waals surface area contributed by atoms with Crippen LogP contribution in [0.3, 0.4) is 0 Å². The van der Waals surface area contributed by atoms with Gasteiger partial charge in [0.15, 0.2) is 5.71 Å². The molecule has 0 aliphatic rings. The van der Waals surface area contributed by atoms with Gasteiger partial charge in [-0.3, -0.25) is 0 Å². The second-order valence-corrected chi connectivity index (χ2v) is 6.03. The average Bonchev–Trinajstić information content (AvgIpc) is 2.57. The largest absolute Gasteiger partial charge is 0.494 e. The van der Waals surface area contributed by atoms with Crippen LogP contribution >= 0.6 is 0 Å². The topological polar surface area (TPSA) is 68.1 Å². The molecule has 5 heteroatoms. The van der Waals surface area contributed by atoms with E-state index in [9.17, 15) is 4.79 Å². The zero-order chi connectivity index (χ0) is 17.6. The van der Waals surface area contributed by atoms with Crippen molar-refractivity contribution in [2.24, 2.45) is 5.16 Å². The van der Waals surface area contributed by atoms with E-state index in [1.54, 1.807) is 13.8 Å². The average molecular weight is 335 g/mol. The van der Waals surface area contributed by atoms with Gasteiger partial charge in [0, 0.05) is 6.42 Å². The van der Waals surface area contributed by atoms with Crippen molar-refractivity contribution in [1.82, 2.24) is 0 Å². The van der Waals surface area contributed by atoms with Gasteiger partial charge in [0.1, 0.15) is 5.75 Å². The molecular formula is C19H29NO4. The molecule has 1 aromatic rings. The number of oxime groups is 1. The smallest absolute Gasteiger partial charge is 0.356 e. The van der Waals surface area contributed by atoms with Gasteiger partial charge in [-0.2, -0.15) is 0 Å². The maximum Gasteiger partial charge on any atom is 0.356 e. The molecule has 1 aromatic carbocycles. The van der Waals surface area contributed by atoms with E-state index < -0.39 is 5.97 Å². The Hall–Kier alpha value is -2.04. The fourth-order valence-electron chi connectivity index (χ4n) is 2.28. The molecule has 0 heterocycles. The predicted octanol–water partition coefficient (Wildman–Crippen LogP) is 4.58. The summed E-state index contributed by atoms with van der Waals surface area (Å²) < 4.78 is 10.7. The number of ether oxygens (including phenoxy) is 2. The zero-order valence-electron chi connectivity index (χ0n) is 14.7. The minimum atomic E-state index is -0.523. The Morgan fingerprint density at radius 2 is 1.67 bits per heavy atom. The molecule has 0 aliphatic heterocycles. The lowest BCUT2D eigenvalue weighted by Crippen LogP contribution is -2.21. The van der Waals surface area contributed by atoms with Crippen molar-refractivity contribution in [3.05, 3.63) is 30.3 Å². The van der Waals surface area contributed by atoms with Gasteiger partial charge >= 0.3 is 5.97 Å². The quantitative estimate of drug-likeness (QED) is 0.200. The van der Waals surface area contributed by atoms with E-state index >= 15 is 0 Å². The van der Waals surface area contributed by atoms with Gasteiger partial charge in [0.05, 0.1) is 12.7 Å². The van der Waals surface area contributed by atoms with Crippen molar-refractivity contribution in [2.45, 2.75) is 64.9 Å². The van der Waals surface area contributed by atoms with E-state index in [1.807, 2.05) is 30.3 Å². The molecule has 0 spiro atoms. The Kier molecular flexibility index (Phi) is 10.3. The molecule has 134 valence electrons. The van der Waals surface area contributed by atoms with E-state index in [4.69, 9.17) is 14.7 Å². The van der Waals surface area contributed by atoms with Crippen LogP contribution in [0, 0.1) is 0 Å². The van der Waals surface area contributed by atoms with Crippen molar-refractivity contribution < 1.29 is 19.5 Å². The number of rotatable bonds is 12. The minimum Gasteiger partial charge on any atom is -0.494 e. The van der Waals surface area contributed by atoms with Gasteiger partial charge in [0.2, 0.25) is 0 Å². The highest BCUT2D eigenvalue weighted by Crippen LogP contribution is 2.11. The van der Waals surface area contributed by atoms with Crippen molar-refractivity contribution >= 4 is 11.7 Å². The second-order valence-electron chi connectivity index (χ2n) is 6.03. The highest BCUT2D eigenvalue weighted by Gasteiger charge is 2.14. The van der Waals surface area contributed by atoms with Gasteiger partial charge in [-0.15, -0.1) is 0 Å². The summed E-state index contributed by atoms with van der Waals surface area (Å²) in [5.74, 6) is 0.396. The molecule has 0 fully saturated rings. The first-order valence-corrected chi connectivity index (χ1v) is 8.73. The first kappa shape index (κ1) is 20.0. The predicted molar refractivity (Wildman–Crippen MR) is 94.7 cm³/mol. The maximum absolute atomic E-state index is 11.6. The van der Waals surface area contributed by atoms with Crippen molar-refractivity contribution in [3.8, 4) is 5.75 Å². The van der Waals surface area contributed by atoms with Crippen LogP contribution in [0.2, 0.25) is 0 Å². The highest BCUT2D eigenvalue weighted by atomic mass is 16.5. The van der Waals surface area contributed by atoms with Gasteiger partial charge in [-0.1, -0.05) is 49.0 Å². The number of unbranched alkanes of at least 4 members (excludes halogenated alkanes) is 5. The summed E-state index contributed by atoms with van der Waals surface area (Å²) in [7, 11) is 0. The van der Waals surface area contributed by atoms with Gasteiger partial charge in [-0.25, -0.2) is 4.79 Å². The Bertz CT molecular complexity index is 485. The molecule has 0 unspecified atom stereocenters. The van der Waals surface area contributed by atoms with E-state index in [0.29, 0.717) is 6.42 Å². The molecule has 0 saturated heterocycles. The number of carbonyl (C=O) groups is 1. The standard InChI is InChI=1S/C19H29NO4/c1-16(2)24-19(21)18(20-22)14-10-5-3-4-6-11-15-23-17-12-8-7-9-13-17/h7-9,12-13,16,22H,3-6,10-11,14-15H2,1-2H3. The maximum atomic E-state index is 11.6. The van der Waals surface area contributed by atoms with E-state index in [1.165, 1.54) is 0 Å².